The molecular formula is C9H20Mg. The molecule has 0 heterocycles. The standard InChI is InChI=1S/C5H11.C4H9.Mg/c1-5(2,3)4;1-3-4-2;/h1H2,2-4H3;3H,4H2,1-2H3;/q2*-1;+2. The van der Waals surface area contributed by atoms with Crippen LogP contribution in [0, 0.1) is 18.8 Å². The molecule has 0 amide bonds. The fourth-order valence-corrected chi connectivity index (χ4v) is 0. The van der Waals surface area contributed by atoms with Crippen molar-refractivity contribution in [1.82, 2.24) is 0 Å². The van der Waals surface area contributed by atoms with Gasteiger partial charge in [0.15, 0.2) is 0 Å². The second kappa shape index (κ2) is 9.77. The summed E-state index contributed by atoms with van der Waals surface area (Å²) in [5.41, 5.74) is 0.250. The van der Waals surface area contributed by atoms with Crippen molar-refractivity contribution in [1.29, 1.82) is 0 Å². The summed E-state index contributed by atoms with van der Waals surface area (Å²) in [6, 6.07) is 0. The van der Waals surface area contributed by atoms with E-state index in [0.717, 1.165) is 0 Å². The molecule has 0 aromatic carbocycles. The Labute approximate surface area is 82.9 Å². The average molecular weight is 153 g/mol. The van der Waals surface area contributed by atoms with E-state index in [9.17, 15) is 0 Å². The van der Waals surface area contributed by atoms with E-state index in [1.165, 1.54) is 6.42 Å². The average Bonchev–Trinajstić information content (AvgIpc) is 1.61. The monoisotopic (exact) mass is 152 g/mol. The summed E-state index contributed by atoms with van der Waals surface area (Å²) in [6.45, 7) is 14.2. The summed E-state index contributed by atoms with van der Waals surface area (Å²) in [6.07, 6.45) is 3.32. The maximum atomic E-state index is 3.77. The summed E-state index contributed by atoms with van der Waals surface area (Å²) >= 11 is 0. The first-order valence-electron chi connectivity index (χ1n) is 3.55. The van der Waals surface area contributed by atoms with Crippen LogP contribution in [-0.2, 0) is 0 Å². The summed E-state index contributed by atoms with van der Waals surface area (Å²) in [5.74, 6) is 0. The maximum Gasteiger partial charge on any atom is 2.00 e. The van der Waals surface area contributed by atoms with Crippen LogP contribution >= 0.6 is 0 Å². The summed E-state index contributed by atoms with van der Waals surface area (Å²) in [5, 5.41) is 0. The maximum absolute atomic E-state index is 3.77. The zero-order chi connectivity index (χ0) is 7.91. The van der Waals surface area contributed by atoms with Gasteiger partial charge in [-0.25, -0.2) is 0 Å². The summed E-state index contributed by atoms with van der Waals surface area (Å²) in [7, 11) is 0. The van der Waals surface area contributed by atoms with Gasteiger partial charge in [0, 0.05) is 0 Å². The topological polar surface area (TPSA) is 0 Å². The molecule has 0 spiro atoms. The number of rotatable bonds is 1. The van der Waals surface area contributed by atoms with E-state index < -0.39 is 0 Å². The van der Waals surface area contributed by atoms with Gasteiger partial charge in [-0.05, 0) is 0 Å². The molecule has 0 aliphatic carbocycles. The predicted octanol–water partition coefficient (Wildman–Crippen LogP) is 3.11. The fourth-order valence-electron chi connectivity index (χ4n) is 0. The zero-order valence-corrected chi connectivity index (χ0v) is 9.61. The minimum absolute atomic E-state index is 0. The molecule has 0 rings (SSSR count). The molecule has 0 atom stereocenters. The van der Waals surface area contributed by atoms with Gasteiger partial charge in [0.2, 0.25) is 0 Å². The molecule has 0 fully saturated rings. The van der Waals surface area contributed by atoms with Gasteiger partial charge in [0.05, 0.1) is 0 Å². The Morgan fingerprint density at radius 2 is 1.40 bits per heavy atom. The first-order valence-corrected chi connectivity index (χ1v) is 3.55. The van der Waals surface area contributed by atoms with Crippen LogP contribution in [0.5, 0.6) is 0 Å². The Bertz CT molecular complexity index is 35.2. The molecule has 58 valence electrons. The quantitative estimate of drug-likeness (QED) is 0.400. The Morgan fingerprint density at radius 3 is 1.40 bits per heavy atom. The molecule has 0 aromatic heterocycles. The van der Waals surface area contributed by atoms with Crippen LogP contribution in [0.2, 0.25) is 0 Å². The molecule has 1 heteroatoms. The van der Waals surface area contributed by atoms with E-state index >= 15 is 0 Å². The van der Waals surface area contributed by atoms with Gasteiger partial charge in [-0.15, -0.1) is 0 Å². The van der Waals surface area contributed by atoms with Crippen LogP contribution in [0.1, 0.15) is 41.0 Å². The first-order chi connectivity index (χ1) is 3.91. The normalized spacial score (nSPS) is 9.00. The Balaban J connectivity index is -0.0000000910. The molecule has 0 unspecified atom stereocenters. The van der Waals surface area contributed by atoms with E-state index in [4.69, 9.17) is 0 Å². The van der Waals surface area contributed by atoms with Crippen molar-refractivity contribution in [2.45, 2.75) is 41.0 Å². The van der Waals surface area contributed by atoms with Crippen molar-refractivity contribution in [2.75, 3.05) is 0 Å². The number of hydrogen-bond donors (Lipinski definition) is 0. The molecule has 0 saturated heterocycles. The summed E-state index contributed by atoms with van der Waals surface area (Å²) < 4.78 is 0. The summed E-state index contributed by atoms with van der Waals surface area (Å²) in [4.78, 5) is 0. The van der Waals surface area contributed by atoms with Gasteiger partial charge >= 0.3 is 23.1 Å². The molecule has 0 N–H and O–H groups in total. The number of unbranched alkanes of at least 4 members (excludes halogenated alkanes) is 1. The van der Waals surface area contributed by atoms with Crippen molar-refractivity contribution in [3.8, 4) is 0 Å². The second-order valence-electron chi connectivity index (χ2n) is 3.38. The van der Waals surface area contributed by atoms with Gasteiger partial charge in [0.1, 0.15) is 0 Å². The van der Waals surface area contributed by atoms with Crippen molar-refractivity contribution in [3.05, 3.63) is 13.3 Å². The minimum atomic E-state index is 0. The van der Waals surface area contributed by atoms with Crippen LogP contribution in [0.3, 0.4) is 0 Å². The molecular weight excluding hydrogens is 132 g/mol. The molecule has 0 aliphatic heterocycles. The molecule has 0 aliphatic rings. The molecule has 10 heavy (non-hydrogen) atoms. The van der Waals surface area contributed by atoms with Gasteiger partial charge in [0.25, 0.3) is 0 Å². The Morgan fingerprint density at radius 1 is 1.30 bits per heavy atom. The first kappa shape index (κ1) is 17.0. The van der Waals surface area contributed by atoms with Crippen LogP contribution in [0.4, 0.5) is 0 Å². The minimum Gasteiger partial charge on any atom is -0.338 e. The van der Waals surface area contributed by atoms with Crippen LogP contribution < -0.4 is 0 Å². The van der Waals surface area contributed by atoms with Crippen molar-refractivity contribution < 1.29 is 0 Å². The fraction of sp³-hybridized carbons (Fsp3) is 0.778. The van der Waals surface area contributed by atoms with E-state index in [1.807, 2.05) is 0 Å². The second-order valence-corrected chi connectivity index (χ2v) is 3.38. The van der Waals surface area contributed by atoms with Crippen LogP contribution in [0.15, 0.2) is 0 Å². The van der Waals surface area contributed by atoms with Crippen LogP contribution in [-0.4, -0.2) is 23.1 Å². The third-order valence-electron chi connectivity index (χ3n) is 0.408. The van der Waals surface area contributed by atoms with E-state index in [0.29, 0.717) is 0 Å². The predicted molar refractivity (Wildman–Crippen MR) is 50.8 cm³/mol. The van der Waals surface area contributed by atoms with E-state index in [-0.39, 0.29) is 28.5 Å². The van der Waals surface area contributed by atoms with Crippen molar-refractivity contribution >= 4 is 23.1 Å². The Hall–Kier alpha value is 0.766. The van der Waals surface area contributed by atoms with Gasteiger partial charge in [-0.2, -0.15) is 18.8 Å². The third kappa shape index (κ3) is 169. The van der Waals surface area contributed by atoms with Crippen LogP contribution in [0.25, 0.3) is 0 Å². The van der Waals surface area contributed by atoms with Gasteiger partial charge < -0.3 is 13.3 Å². The van der Waals surface area contributed by atoms with Crippen molar-refractivity contribution in [3.63, 3.8) is 0 Å². The van der Waals surface area contributed by atoms with Crippen molar-refractivity contribution in [2.24, 2.45) is 5.41 Å². The van der Waals surface area contributed by atoms with E-state index in [1.54, 1.807) is 0 Å². The molecule has 0 radical (unpaired) electrons. The largest absolute Gasteiger partial charge is 2.00 e. The SMILES string of the molecule is C[CH-]CC.[CH2-]C(C)(C)C.[Mg+2]. The smallest absolute Gasteiger partial charge is 0.338 e. The third-order valence-corrected chi connectivity index (χ3v) is 0.408. The van der Waals surface area contributed by atoms with Gasteiger partial charge in [-0.3, -0.25) is 0 Å². The molecule has 0 bridgehead atoms. The number of hydrogen-bond acceptors (Lipinski definition) is 0. The zero-order valence-electron chi connectivity index (χ0n) is 8.20. The molecule has 0 nitrogen and oxygen atoms in total. The van der Waals surface area contributed by atoms with Gasteiger partial charge in [-0.1, -0.05) is 27.7 Å². The molecule has 0 saturated carbocycles. The van der Waals surface area contributed by atoms with E-state index in [2.05, 4.69) is 48.0 Å². The molecule has 0 aromatic rings. The Kier molecular flexibility index (Phi) is 16.6.